The number of fused-ring (bicyclic) bond motifs is 1. The molecule has 0 bridgehead atoms. The summed E-state index contributed by atoms with van der Waals surface area (Å²) in [6, 6.07) is 11.0. The molecule has 0 unspecified atom stereocenters. The molecule has 134 valence electrons. The number of hydrogen-bond acceptors (Lipinski definition) is 5. The third kappa shape index (κ3) is 3.59. The van der Waals surface area contributed by atoms with Crippen molar-refractivity contribution >= 4 is 16.9 Å². The summed E-state index contributed by atoms with van der Waals surface area (Å²) >= 11 is 0. The number of aromatic nitrogens is 1. The standard InChI is InChI=1S/C20H18FNO4/c1-3-25-17-9-7-13(11-18(17)24-2)20(23)26-12-14-6-8-16(21)15-5-4-10-22-19(14)15/h4-11H,3,12H2,1-2H3. The van der Waals surface area contributed by atoms with Gasteiger partial charge in [-0.1, -0.05) is 6.07 Å². The topological polar surface area (TPSA) is 57.7 Å². The quantitative estimate of drug-likeness (QED) is 0.622. The molecule has 0 spiro atoms. The molecule has 0 aliphatic carbocycles. The molecule has 0 atom stereocenters. The van der Waals surface area contributed by atoms with Gasteiger partial charge in [-0.2, -0.15) is 0 Å². The van der Waals surface area contributed by atoms with E-state index in [0.717, 1.165) is 0 Å². The van der Waals surface area contributed by atoms with Crippen LogP contribution in [0.5, 0.6) is 11.5 Å². The SMILES string of the molecule is CCOc1ccc(C(=O)OCc2ccc(F)c3cccnc23)cc1OC. The molecule has 26 heavy (non-hydrogen) atoms. The lowest BCUT2D eigenvalue weighted by atomic mass is 10.1. The van der Waals surface area contributed by atoms with E-state index in [9.17, 15) is 9.18 Å². The Morgan fingerprint density at radius 1 is 1.15 bits per heavy atom. The number of ether oxygens (including phenoxy) is 3. The highest BCUT2D eigenvalue weighted by atomic mass is 19.1. The molecular weight excluding hydrogens is 337 g/mol. The van der Waals surface area contributed by atoms with Crippen molar-refractivity contribution in [3.63, 3.8) is 0 Å². The first kappa shape index (κ1) is 17.7. The highest BCUT2D eigenvalue weighted by Gasteiger charge is 2.14. The van der Waals surface area contributed by atoms with Crippen LogP contribution in [0.25, 0.3) is 10.9 Å². The highest BCUT2D eigenvalue weighted by Crippen LogP contribution is 2.28. The number of halogens is 1. The molecule has 5 nitrogen and oxygen atoms in total. The Morgan fingerprint density at radius 2 is 2.00 bits per heavy atom. The van der Waals surface area contributed by atoms with Crippen molar-refractivity contribution in [2.45, 2.75) is 13.5 Å². The van der Waals surface area contributed by atoms with Gasteiger partial charge in [0.25, 0.3) is 0 Å². The lowest BCUT2D eigenvalue weighted by molar-refractivity contribution is 0.0473. The third-order valence-corrected chi connectivity index (χ3v) is 3.86. The molecule has 1 aromatic heterocycles. The molecule has 0 saturated heterocycles. The van der Waals surface area contributed by atoms with Crippen LogP contribution in [0.2, 0.25) is 0 Å². The second kappa shape index (κ2) is 7.82. The van der Waals surface area contributed by atoms with Gasteiger partial charge in [0.1, 0.15) is 12.4 Å². The molecule has 6 heteroatoms. The summed E-state index contributed by atoms with van der Waals surface area (Å²) in [6.07, 6.45) is 1.57. The van der Waals surface area contributed by atoms with Crippen molar-refractivity contribution in [1.29, 1.82) is 0 Å². The van der Waals surface area contributed by atoms with Crippen LogP contribution in [0.4, 0.5) is 4.39 Å². The van der Waals surface area contributed by atoms with E-state index in [1.165, 1.54) is 13.2 Å². The van der Waals surface area contributed by atoms with E-state index < -0.39 is 5.97 Å². The molecule has 0 aliphatic rings. The van der Waals surface area contributed by atoms with E-state index in [1.807, 2.05) is 6.92 Å². The normalized spacial score (nSPS) is 10.6. The van der Waals surface area contributed by atoms with Crippen molar-refractivity contribution in [3.8, 4) is 11.5 Å². The van der Waals surface area contributed by atoms with Gasteiger partial charge in [-0.3, -0.25) is 4.98 Å². The fourth-order valence-electron chi connectivity index (χ4n) is 2.61. The van der Waals surface area contributed by atoms with Crippen molar-refractivity contribution in [2.75, 3.05) is 13.7 Å². The lowest BCUT2D eigenvalue weighted by Crippen LogP contribution is -2.07. The molecular formula is C20H18FNO4. The van der Waals surface area contributed by atoms with Gasteiger partial charge in [-0.05, 0) is 43.3 Å². The number of benzene rings is 2. The summed E-state index contributed by atoms with van der Waals surface area (Å²) in [4.78, 5) is 16.5. The van der Waals surface area contributed by atoms with Crippen LogP contribution in [-0.2, 0) is 11.3 Å². The van der Waals surface area contributed by atoms with Crippen LogP contribution < -0.4 is 9.47 Å². The minimum absolute atomic E-state index is 0.0118. The largest absolute Gasteiger partial charge is 0.493 e. The second-order valence-corrected chi connectivity index (χ2v) is 5.48. The van der Waals surface area contributed by atoms with E-state index in [1.54, 1.807) is 42.6 Å². The molecule has 0 amide bonds. The molecule has 0 fully saturated rings. The van der Waals surface area contributed by atoms with E-state index in [2.05, 4.69) is 4.98 Å². The van der Waals surface area contributed by atoms with Gasteiger partial charge in [0, 0.05) is 17.1 Å². The Kier molecular flexibility index (Phi) is 5.31. The number of pyridine rings is 1. The Hall–Kier alpha value is -3.15. The number of carbonyl (C=O) groups excluding carboxylic acids is 1. The average Bonchev–Trinajstić information content (AvgIpc) is 2.68. The van der Waals surface area contributed by atoms with Crippen molar-refractivity contribution in [2.24, 2.45) is 0 Å². The Labute approximate surface area is 150 Å². The first-order valence-corrected chi connectivity index (χ1v) is 8.14. The summed E-state index contributed by atoms with van der Waals surface area (Å²) in [5.74, 6) is 0.134. The Bertz CT molecular complexity index is 942. The molecule has 3 rings (SSSR count). The van der Waals surface area contributed by atoms with Crippen molar-refractivity contribution in [1.82, 2.24) is 4.98 Å². The van der Waals surface area contributed by atoms with Crippen LogP contribution in [-0.4, -0.2) is 24.7 Å². The first-order valence-electron chi connectivity index (χ1n) is 8.14. The monoisotopic (exact) mass is 355 g/mol. The van der Waals surface area contributed by atoms with Crippen molar-refractivity contribution in [3.05, 3.63) is 65.6 Å². The third-order valence-electron chi connectivity index (χ3n) is 3.86. The van der Waals surface area contributed by atoms with E-state index in [4.69, 9.17) is 14.2 Å². The highest BCUT2D eigenvalue weighted by molar-refractivity contribution is 5.90. The predicted molar refractivity (Wildman–Crippen MR) is 95.0 cm³/mol. The molecule has 0 radical (unpaired) electrons. The molecule has 3 aromatic rings. The number of carbonyl (C=O) groups is 1. The smallest absolute Gasteiger partial charge is 0.338 e. The summed E-state index contributed by atoms with van der Waals surface area (Å²) in [6.45, 7) is 2.34. The zero-order valence-electron chi connectivity index (χ0n) is 14.5. The van der Waals surface area contributed by atoms with Crippen LogP contribution >= 0.6 is 0 Å². The van der Waals surface area contributed by atoms with Gasteiger partial charge < -0.3 is 14.2 Å². The number of methoxy groups -OCH3 is 1. The predicted octanol–water partition coefficient (Wildman–Crippen LogP) is 4.14. The molecule has 0 saturated carbocycles. The molecule has 0 aliphatic heterocycles. The maximum absolute atomic E-state index is 13.8. The maximum atomic E-state index is 13.8. The van der Waals surface area contributed by atoms with Crippen LogP contribution in [0.1, 0.15) is 22.8 Å². The van der Waals surface area contributed by atoms with Crippen LogP contribution in [0.3, 0.4) is 0 Å². The summed E-state index contributed by atoms with van der Waals surface area (Å²) in [5, 5.41) is 0.392. The zero-order valence-corrected chi connectivity index (χ0v) is 14.5. The number of rotatable bonds is 6. The summed E-state index contributed by atoms with van der Waals surface area (Å²) in [7, 11) is 1.50. The minimum Gasteiger partial charge on any atom is -0.493 e. The lowest BCUT2D eigenvalue weighted by Gasteiger charge is -2.11. The van der Waals surface area contributed by atoms with E-state index in [-0.39, 0.29) is 12.4 Å². The van der Waals surface area contributed by atoms with Gasteiger partial charge >= 0.3 is 5.97 Å². The fourth-order valence-corrected chi connectivity index (χ4v) is 2.61. The van der Waals surface area contributed by atoms with Gasteiger partial charge in [-0.25, -0.2) is 9.18 Å². The van der Waals surface area contributed by atoms with E-state index in [0.29, 0.717) is 40.1 Å². The fraction of sp³-hybridized carbons (Fsp3) is 0.200. The van der Waals surface area contributed by atoms with Crippen molar-refractivity contribution < 1.29 is 23.4 Å². The Morgan fingerprint density at radius 3 is 2.77 bits per heavy atom. The van der Waals surface area contributed by atoms with Gasteiger partial charge in [0.2, 0.25) is 0 Å². The number of hydrogen-bond donors (Lipinski definition) is 0. The average molecular weight is 355 g/mol. The Balaban J connectivity index is 1.78. The first-order chi connectivity index (χ1) is 12.6. The van der Waals surface area contributed by atoms with Gasteiger partial charge in [0.05, 0.1) is 24.8 Å². The summed E-state index contributed by atoms with van der Waals surface area (Å²) < 4.78 is 29.9. The molecule has 0 N–H and O–H groups in total. The van der Waals surface area contributed by atoms with E-state index >= 15 is 0 Å². The summed E-state index contributed by atoms with van der Waals surface area (Å²) in [5.41, 5.74) is 1.45. The zero-order chi connectivity index (χ0) is 18.5. The van der Waals surface area contributed by atoms with Gasteiger partial charge in [0.15, 0.2) is 11.5 Å². The van der Waals surface area contributed by atoms with Crippen LogP contribution in [0, 0.1) is 5.82 Å². The number of esters is 1. The second-order valence-electron chi connectivity index (χ2n) is 5.48. The maximum Gasteiger partial charge on any atom is 0.338 e. The molecule has 2 aromatic carbocycles. The minimum atomic E-state index is -0.514. The van der Waals surface area contributed by atoms with Crippen LogP contribution in [0.15, 0.2) is 48.7 Å². The molecule has 1 heterocycles. The van der Waals surface area contributed by atoms with Gasteiger partial charge in [-0.15, -0.1) is 0 Å². The number of nitrogens with zero attached hydrogens (tertiary/aromatic N) is 1.